The predicted molar refractivity (Wildman–Crippen MR) is 42.8 cm³/mol. The fourth-order valence-corrected chi connectivity index (χ4v) is 1.06. The fourth-order valence-electron chi connectivity index (χ4n) is 0.883. The molecular weight excluding hydrogens is 166 g/mol. The van der Waals surface area contributed by atoms with Crippen molar-refractivity contribution in [1.82, 2.24) is 9.42 Å². The molecule has 1 heterocycles. The summed E-state index contributed by atoms with van der Waals surface area (Å²) >= 11 is 3.90. The topological polar surface area (TPSA) is 58.8 Å². The standard InChI is InChI=1S/C5H11N3O2S/c6-5(9)8(11)7-1-3-10-4-2-7/h11H,1-4H2,(H2,6,9). The number of hydrogen-bond acceptors (Lipinski definition) is 4. The van der Waals surface area contributed by atoms with Crippen LogP contribution in [0.3, 0.4) is 0 Å². The number of hydrazine groups is 1. The Hall–Kier alpha value is -0.460. The van der Waals surface area contributed by atoms with Gasteiger partial charge in [-0.05, 0) is 12.8 Å². The zero-order valence-corrected chi connectivity index (χ0v) is 6.96. The smallest absolute Gasteiger partial charge is 0.339 e. The molecule has 0 radical (unpaired) electrons. The third-order valence-electron chi connectivity index (χ3n) is 1.45. The number of hydrogen-bond donors (Lipinski definition) is 2. The number of primary amides is 1. The molecule has 1 fully saturated rings. The molecule has 6 heteroatoms. The van der Waals surface area contributed by atoms with Gasteiger partial charge in [-0.2, -0.15) is 4.41 Å². The second-order valence-electron chi connectivity index (χ2n) is 2.19. The van der Waals surface area contributed by atoms with E-state index in [1.54, 1.807) is 5.01 Å². The number of nitrogens with two attached hydrogens (primary N) is 1. The Morgan fingerprint density at radius 3 is 2.55 bits per heavy atom. The monoisotopic (exact) mass is 177 g/mol. The summed E-state index contributed by atoms with van der Waals surface area (Å²) in [5, 5.41) is 1.73. The second kappa shape index (κ2) is 3.80. The van der Waals surface area contributed by atoms with Crippen LogP contribution in [0.25, 0.3) is 0 Å². The van der Waals surface area contributed by atoms with Crippen LogP contribution >= 0.6 is 12.8 Å². The minimum Gasteiger partial charge on any atom is -0.379 e. The van der Waals surface area contributed by atoms with Gasteiger partial charge in [0.1, 0.15) is 0 Å². The van der Waals surface area contributed by atoms with Crippen LogP contribution in [-0.2, 0) is 4.74 Å². The first-order valence-electron chi connectivity index (χ1n) is 3.33. The van der Waals surface area contributed by atoms with Crippen molar-refractivity contribution < 1.29 is 9.53 Å². The highest BCUT2D eigenvalue weighted by atomic mass is 32.1. The lowest BCUT2D eigenvalue weighted by Gasteiger charge is -2.31. The van der Waals surface area contributed by atoms with E-state index in [9.17, 15) is 4.79 Å². The molecule has 1 aliphatic rings. The average molecular weight is 177 g/mol. The number of rotatable bonds is 1. The number of nitrogens with zero attached hydrogens (tertiary/aromatic N) is 2. The minimum absolute atomic E-state index is 0.560. The van der Waals surface area contributed by atoms with Gasteiger partial charge < -0.3 is 10.5 Å². The van der Waals surface area contributed by atoms with Gasteiger partial charge in [-0.25, -0.2) is 9.80 Å². The van der Waals surface area contributed by atoms with Gasteiger partial charge in [0.2, 0.25) is 0 Å². The van der Waals surface area contributed by atoms with Crippen molar-refractivity contribution in [3.63, 3.8) is 0 Å². The summed E-state index contributed by atoms with van der Waals surface area (Å²) in [6.45, 7) is 2.55. The van der Waals surface area contributed by atoms with E-state index in [0.29, 0.717) is 26.3 Å². The van der Waals surface area contributed by atoms with Gasteiger partial charge in [-0.3, -0.25) is 0 Å². The van der Waals surface area contributed by atoms with Crippen molar-refractivity contribution in [1.29, 1.82) is 0 Å². The van der Waals surface area contributed by atoms with E-state index in [2.05, 4.69) is 12.8 Å². The van der Waals surface area contributed by atoms with Gasteiger partial charge in [0.05, 0.1) is 13.2 Å². The molecule has 0 aromatic rings. The third kappa shape index (κ3) is 2.25. The van der Waals surface area contributed by atoms with Crippen LogP contribution in [0.15, 0.2) is 0 Å². The van der Waals surface area contributed by atoms with Crippen molar-refractivity contribution in [2.24, 2.45) is 5.73 Å². The Balaban J connectivity index is 2.38. The van der Waals surface area contributed by atoms with Crippen molar-refractivity contribution in [3.05, 3.63) is 0 Å². The van der Waals surface area contributed by atoms with E-state index in [1.807, 2.05) is 0 Å². The molecule has 0 atom stereocenters. The number of ether oxygens (including phenoxy) is 1. The lowest BCUT2D eigenvalue weighted by atomic mass is 10.5. The molecule has 0 aromatic carbocycles. The third-order valence-corrected chi connectivity index (χ3v) is 1.90. The molecule has 1 rings (SSSR count). The molecule has 0 bridgehead atoms. The molecule has 5 nitrogen and oxygen atoms in total. The Morgan fingerprint density at radius 1 is 1.55 bits per heavy atom. The molecule has 2 N–H and O–H groups in total. The highest BCUT2D eigenvalue weighted by Gasteiger charge is 2.17. The van der Waals surface area contributed by atoms with Crippen LogP contribution in [0, 0.1) is 0 Å². The van der Waals surface area contributed by atoms with Crippen molar-refractivity contribution >= 4 is 18.8 Å². The van der Waals surface area contributed by atoms with Crippen LogP contribution < -0.4 is 5.73 Å². The number of urea groups is 1. The van der Waals surface area contributed by atoms with E-state index in [1.165, 1.54) is 0 Å². The van der Waals surface area contributed by atoms with E-state index in [-0.39, 0.29) is 0 Å². The highest BCUT2D eigenvalue weighted by molar-refractivity contribution is 7.78. The molecular formula is C5H11N3O2S. The van der Waals surface area contributed by atoms with Gasteiger partial charge in [-0.15, -0.1) is 0 Å². The van der Waals surface area contributed by atoms with Gasteiger partial charge >= 0.3 is 6.03 Å². The normalized spacial score (nSPS) is 19.7. The van der Waals surface area contributed by atoms with Crippen molar-refractivity contribution in [2.75, 3.05) is 26.3 Å². The van der Waals surface area contributed by atoms with E-state index >= 15 is 0 Å². The summed E-state index contributed by atoms with van der Waals surface area (Å²) in [7, 11) is 0. The molecule has 1 saturated heterocycles. The fraction of sp³-hybridized carbons (Fsp3) is 0.800. The molecule has 0 aromatic heterocycles. The summed E-state index contributed by atoms with van der Waals surface area (Å²) in [4.78, 5) is 10.6. The minimum atomic E-state index is -0.560. The largest absolute Gasteiger partial charge is 0.379 e. The Kier molecular flexibility index (Phi) is 2.98. The summed E-state index contributed by atoms with van der Waals surface area (Å²) in [6, 6.07) is -0.560. The van der Waals surface area contributed by atoms with Crippen LogP contribution in [0.1, 0.15) is 0 Å². The van der Waals surface area contributed by atoms with Crippen molar-refractivity contribution in [3.8, 4) is 0 Å². The predicted octanol–water partition coefficient (Wildman–Crippen LogP) is -0.541. The maximum absolute atomic E-state index is 10.6. The number of carbonyl (C=O) groups excluding carboxylic acids is 1. The first-order chi connectivity index (χ1) is 5.22. The number of amides is 2. The second-order valence-corrected chi connectivity index (χ2v) is 2.57. The van der Waals surface area contributed by atoms with Gasteiger partial charge in [0, 0.05) is 13.1 Å². The van der Waals surface area contributed by atoms with Crippen LogP contribution in [-0.4, -0.2) is 41.8 Å². The Labute approximate surface area is 70.6 Å². The van der Waals surface area contributed by atoms with Gasteiger partial charge in [0.25, 0.3) is 0 Å². The van der Waals surface area contributed by atoms with E-state index < -0.39 is 6.03 Å². The van der Waals surface area contributed by atoms with Gasteiger partial charge in [0.15, 0.2) is 0 Å². The molecule has 0 aliphatic carbocycles. The molecule has 0 spiro atoms. The Morgan fingerprint density at radius 2 is 2.09 bits per heavy atom. The zero-order valence-electron chi connectivity index (χ0n) is 6.06. The molecule has 11 heavy (non-hydrogen) atoms. The summed E-state index contributed by atoms with van der Waals surface area (Å²) in [6.07, 6.45) is 0. The number of morpholine rings is 1. The SMILES string of the molecule is NC(=O)N(S)N1CCOCC1. The lowest BCUT2D eigenvalue weighted by molar-refractivity contribution is -0.0172. The number of carbonyl (C=O) groups is 1. The molecule has 1 aliphatic heterocycles. The summed E-state index contributed by atoms with van der Waals surface area (Å²) in [5.74, 6) is 0. The maximum atomic E-state index is 10.6. The first-order valence-corrected chi connectivity index (χ1v) is 3.73. The summed E-state index contributed by atoms with van der Waals surface area (Å²) < 4.78 is 6.19. The number of thiol groups is 1. The maximum Gasteiger partial charge on any atom is 0.339 e. The molecule has 0 saturated carbocycles. The molecule has 64 valence electrons. The van der Waals surface area contributed by atoms with Crippen LogP contribution in [0.4, 0.5) is 4.79 Å². The Bertz CT molecular complexity index is 149. The zero-order chi connectivity index (χ0) is 8.27. The van der Waals surface area contributed by atoms with Crippen LogP contribution in [0.5, 0.6) is 0 Å². The van der Waals surface area contributed by atoms with Crippen molar-refractivity contribution in [2.45, 2.75) is 0 Å². The summed E-state index contributed by atoms with van der Waals surface area (Å²) in [5.41, 5.74) is 4.99. The highest BCUT2D eigenvalue weighted by Crippen LogP contribution is 2.04. The first kappa shape index (κ1) is 8.63. The molecule has 0 unspecified atom stereocenters. The van der Waals surface area contributed by atoms with Gasteiger partial charge in [-0.1, -0.05) is 0 Å². The average Bonchev–Trinajstić information content (AvgIpc) is 2.05. The van der Waals surface area contributed by atoms with Crippen LogP contribution in [0.2, 0.25) is 0 Å². The lowest BCUT2D eigenvalue weighted by Crippen LogP contribution is -2.48. The molecule has 2 amide bonds. The van der Waals surface area contributed by atoms with E-state index in [0.717, 1.165) is 4.41 Å². The van der Waals surface area contributed by atoms with E-state index in [4.69, 9.17) is 10.5 Å². The quantitative estimate of drug-likeness (QED) is 0.529.